The minimum Gasteiger partial charge on any atom is -0.324 e. The normalized spacial score (nSPS) is 32.5. The Kier molecular flexibility index (Phi) is 4.55. The first-order valence-corrected chi connectivity index (χ1v) is 6.83. The highest BCUT2D eigenvalue weighted by Gasteiger charge is 2.40. The van der Waals surface area contributed by atoms with Crippen molar-refractivity contribution < 1.29 is 18.4 Å². The summed E-state index contributed by atoms with van der Waals surface area (Å²) in [5.41, 5.74) is -0.789. The number of hydrogen-bond donors (Lipinski definition) is 1. The van der Waals surface area contributed by atoms with Gasteiger partial charge in [0.1, 0.15) is 6.17 Å². The molecular formula is C9H18FO3P. The summed E-state index contributed by atoms with van der Waals surface area (Å²) in [7, 11) is -3.72. The Morgan fingerprint density at radius 1 is 1.50 bits per heavy atom. The zero-order valence-corrected chi connectivity index (χ0v) is 9.38. The molecule has 84 valence electrons. The molecule has 5 heteroatoms. The van der Waals surface area contributed by atoms with Crippen molar-refractivity contribution in [2.24, 2.45) is 0 Å². The van der Waals surface area contributed by atoms with Crippen molar-refractivity contribution in [2.45, 2.75) is 50.9 Å². The molecule has 0 bridgehead atoms. The summed E-state index contributed by atoms with van der Waals surface area (Å²) in [5.74, 6) is 0. The minimum absolute atomic E-state index is 0.233. The summed E-state index contributed by atoms with van der Waals surface area (Å²) in [6.07, 6.45) is 2.00. The van der Waals surface area contributed by atoms with Gasteiger partial charge >= 0.3 is 7.60 Å². The second-order valence-corrected chi connectivity index (χ2v) is 5.81. The number of rotatable bonds is 4. The molecule has 1 aliphatic rings. The molecule has 0 aromatic heterocycles. The van der Waals surface area contributed by atoms with E-state index in [4.69, 9.17) is 4.52 Å². The van der Waals surface area contributed by atoms with Crippen molar-refractivity contribution in [3.8, 4) is 0 Å². The van der Waals surface area contributed by atoms with Crippen LogP contribution in [0.4, 0.5) is 4.39 Å². The van der Waals surface area contributed by atoms with Crippen LogP contribution in [0.2, 0.25) is 0 Å². The predicted octanol–water partition coefficient (Wildman–Crippen LogP) is 2.88. The van der Waals surface area contributed by atoms with Gasteiger partial charge in [-0.25, -0.2) is 4.39 Å². The third-order valence-corrected chi connectivity index (χ3v) is 4.52. The number of alkyl halides is 1. The largest absolute Gasteiger partial charge is 0.334 e. The average molecular weight is 224 g/mol. The van der Waals surface area contributed by atoms with E-state index in [2.05, 4.69) is 0 Å². The second kappa shape index (κ2) is 5.24. The van der Waals surface area contributed by atoms with E-state index >= 15 is 0 Å². The van der Waals surface area contributed by atoms with Crippen molar-refractivity contribution in [3.63, 3.8) is 0 Å². The van der Waals surface area contributed by atoms with Gasteiger partial charge in [0, 0.05) is 0 Å². The summed E-state index contributed by atoms with van der Waals surface area (Å²) in [6, 6.07) is 0. The van der Waals surface area contributed by atoms with Crippen LogP contribution in [0, 0.1) is 0 Å². The van der Waals surface area contributed by atoms with Gasteiger partial charge in [-0.15, -0.1) is 0 Å². The highest BCUT2D eigenvalue weighted by Crippen LogP contribution is 2.53. The van der Waals surface area contributed by atoms with Crippen molar-refractivity contribution in [1.29, 1.82) is 0 Å². The van der Waals surface area contributed by atoms with Gasteiger partial charge in [0.2, 0.25) is 0 Å². The van der Waals surface area contributed by atoms with Crippen LogP contribution in [-0.2, 0) is 9.09 Å². The van der Waals surface area contributed by atoms with Gasteiger partial charge in [-0.3, -0.25) is 4.57 Å². The molecule has 1 N–H and O–H groups in total. The Hall–Kier alpha value is 0.0800. The zero-order chi connectivity index (χ0) is 10.6. The van der Waals surface area contributed by atoms with Crippen LogP contribution < -0.4 is 0 Å². The quantitative estimate of drug-likeness (QED) is 0.747. The van der Waals surface area contributed by atoms with Crippen LogP contribution in [0.15, 0.2) is 0 Å². The van der Waals surface area contributed by atoms with Gasteiger partial charge < -0.3 is 9.42 Å². The van der Waals surface area contributed by atoms with E-state index < -0.39 is 19.4 Å². The molecule has 0 amide bonds. The lowest BCUT2D eigenvalue weighted by molar-refractivity contribution is 0.197. The Morgan fingerprint density at radius 3 is 2.71 bits per heavy atom. The van der Waals surface area contributed by atoms with Crippen LogP contribution in [-0.4, -0.2) is 23.3 Å². The maximum Gasteiger partial charge on any atom is 0.334 e. The van der Waals surface area contributed by atoms with E-state index in [1.807, 2.05) is 6.92 Å². The van der Waals surface area contributed by atoms with Crippen LogP contribution in [0.1, 0.15) is 39.0 Å². The Morgan fingerprint density at radius 2 is 2.14 bits per heavy atom. The van der Waals surface area contributed by atoms with Crippen molar-refractivity contribution in [1.82, 2.24) is 0 Å². The van der Waals surface area contributed by atoms with Gasteiger partial charge in [0.15, 0.2) is 0 Å². The maximum atomic E-state index is 13.4. The highest BCUT2D eigenvalue weighted by molar-refractivity contribution is 7.53. The van der Waals surface area contributed by atoms with Crippen LogP contribution in [0.3, 0.4) is 0 Å². The van der Waals surface area contributed by atoms with E-state index in [1.54, 1.807) is 0 Å². The lowest BCUT2D eigenvalue weighted by Crippen LogP contribution is -2.27. The van der Waals surface area contributed by atoms with Crippen molar-refractivity contribution >= 4 is 7.60 Å². The van der Waals surface area contributed by atoms with Crippen molar-refractivity contribution in [3.05, 3.63) is 0 Å². The average Bonchev–Trinajstić information content (AvgIpc) is 2.15. The van der Waals surface area contributed by atoms with E-state index in [1.165, 1.54) is 0 Å². The van der Waals surface area contributed by atoms with E-state index in [0.29, 0.717) is 19.3 Å². The van der Waals surface area contributed by atoms with Gasteiger partial charge in [0.05, 0.1) is 12.3 Å². The highest BCUT2D eigenvalue weighted by atomic mass is 31.2. The van der Waals surface area contributed by atoms with Gasteiger partial charge in [-0.05, 0) is 19.3 Å². The fourth-order valence-corrected chi connectivity index (χ4v) is 3.45. The van der Waals surface area contributed by atoms with E-state index in [-0.39, 0.29) is 6.61 Å². The molecule has 1 rings (SSSR count). The van der Waals surface area contributed by atoms with E-state index in [9.17, 15) is 13.8 Å². The third kappa shape index (κ3) is 3.04. The third-order valence-electron chi connectivity index (χ3n) is 2.55. The van der Waals surface area contributed by atoms with Crippen molar-refractivity contribution in [2.75, 3.05) is 6.61 Å². The Balaban J connectivity index is 2.55. The molecule has 0 aromatic rings. The molecule has 0 radical (unpaired) electrons. The van der Waals surface area contributed by atoms with Gasteiger partial charge in [-0.1, -0.05) is 19.8 Å². The predicted molar refractivity (Wildman–Crippen MR) is 53.2 cm³/mol. The summed E-state index contributed by atoms with van der Waals surface area (Å²) < 4.78 is 29.8. The molecule has 0 heterocycles. The van der Waals surface area contributed by atoms with Gasteiger partial charge in [-0.2, -0.15) is 0 Å². The summed E-state index contributed by atoms with van der Waals surface area (Å²) in [6.45, 7) is 2.09. The SMILES string of the molecule is CCCOP(=O)(O)C1CCCCC1F. The monoisotopic (exact) mass is 224 g/mol. The molecule has 3 unspecified atom stereocenters. The fraction of sp³-hybridized carbons (Fsp3) is 1.00. The molecule has 1 fully saturated rings. The molecular weight excluding hydrogens is 206 g/mol. The fourth-order valence-electron chi connectivity index (χ4n) is 1.75. The van der Waals surface area contributed by atoms with Crippen LogP contribution in [0.25, 0.3) is 0 Å². The summed E-state index contributed by atoms with van der Waals surface area (Å²) >= 11 is 0. The first kappa shape index (κ1) is 12.2. The lowest BCUT2D eigenvalue weighted by atomic mass is 9.98. The van der Waals surface area contributed by atoms with Crippen LogP contribution >= 0.6 is 7.60 Å². The maximum absolute atomic E-state index is 13.4. The molecule has 3 nitrogen and oxygen atoms in total. The molecule has 1 aliphatic carbocycles. The molecule has 14 heavy (non-hydrogen) atoms. The molecule has 0 saturated heterocycles. The standard InChI is InChI=1S/C9H18FO3P/c1-2-7-13-14(11,12)9-6-4-3-5-8(9)10/h8-9H,2-7H2,1H3,(H,11,12). The Labute approximate surface area is 84.2 Å². The minimum atomic E-state index is -3.72. The molecule has 0 spiro atoms. The number of halogens is 1. The van der Waals surface area contributed by atoms with Crippen LogP contribution in [0.5, 0.6) is 0 Å². The topological polar surface area (TPSA) is 46.5 Å². The first-order chi connectivity index (χ1) is 6.58. The van der Waals surface area contributed by atoms with E-state index in [0.717, 1.165) is 12.8 Å². The smallest absolute Gasteiger partial charge is 0.324 e. The number of hydrogen-bond acceptors (Lipinski definition) is 2. The molecule has 0 aliphatic heterocycles. The molecule has 3 atom stereocenters. The molecule has 0 aromatic carbocycles. The first-order valence-electron chi connectivity index (χ1n) is 5.19. The summed E-state index contributed by atoms with van der Waals surface area (Å²) in [5, 5.41) is 0. The Bertz CT molecular complexity index is 222. The summed E-state index contributed by atoms with van der Waals surface area (Å²) in [4.78, 5) is 9.53. The zero-order valence-electron chi connectivity index (χ0n) is 8.49. The second-order valence-electron chi connectivity index (χ2n) is 3.77. The molecule has 1 saturated carbocycles. The lowest BCUT2D eigenvalue weighted by Gasteiger charge is -2.28. The van der Waals surface area contributed by atoms with Gasteiger partial charge in [0.25, 0.3) is 0 Å².